The van der Waals surface area contributed by atoms with E-state index < -0.39 is 0 Å². The van der Waals surface area contributed by atoms with Crippen LogP contribution in [0.5, 0.6) is 0 Å². The van der Waals surface area contributed by atoms with Crippen LogP contribution in [0.4, 0.5) is 0 Å². The number of fused-ring (bicyclic) bond motifs is 1. The maximum atomic E-state index is 12.7. The number of rotatable bonds is 3. The van der Waals surface area contributed by atoms with Crippen LogP contribution in [0.15, 0.2) is 53.6 Å². The summed E-state index contributed by atoms with van der Waals surface area (Å²) in [7, 11) is 3.41. The fourth-order valence-corrected chi connectivity index (χ4v) is 2.57. The summed E-state index contributed by atoms with van der Waals surface area (Å²) in [6.07, 6.45) is 3.28. The van der Waals surface area contributed by atoms with Gasteiger partial charge in [0.2, 0.25) is 0 Å². The molecule has 1 aromatic carbocycles. The Morgan fingerprint density at radius 2 is 1.95 bits per heavy atom. The molecule has 0 unspecified atom stereocenters. The van der Waals surface area contributed by atoms with Crippen molar-refractivity contribution in [2.24, 2.45) is 7.05 Å². The number of hydrogen-bond donors (Lipinski definition) is 1. The molecule has 3 aromatic rings. The highest BCUT2D eigenvalue weighted by atomic mass is 16.2. The number of aromatic nitrogens is 2. The predicted octanol–water partition coefficient (Wildman–Crippen LogP) is 2.14. The van der Waals surface area contributed by atoms with E-state index in [9.17, 15) is 9.59 Å². The molecule has 5 heteroatoms. The Bertz CT molecular complexity index is 878. The van der Waals surface area contributed by atoms with Crippen LogP contribution in [0, 0.1) is 0 Å². The highest BCUT2D eigenvalue weighted by Crippen LogP contribution is 2.16. The van der Waals surface area contributed by atoms with E-state index in [4.69, 9.17) is 0 Å². The molecule has 2 aromatic heterocycles. The number of pyridine rings is 1. The zero-order chi connectivity index (χ0) is 15.7. The van der Waals surface area contributed by atoms with Gasteiger partial charge in [-0.2, -0.15) is 0 Å². The van der Waals surface area contributed by atoms with Crippen molar-refractivity contribution >= 4 is 16.8 Å². The summed E-state index contributed by atoms with van der Waals surface area (Å²) in [6.45, 7) is 0.522. The first kappa shape index (κ1) is 14.1. The minimum absolute atomic E-state index is 0.107. The molecule has 1 N–H and O–H groups in total. The molecule has 1 amide bonds. The molecule has 0 aliphatic carbocycles. The zero-order valence-corrected chi connectivity index (χ0v) is 12.5. The molecule has 0 atom stereocenters. The molecule has 5 nitrogen and oxygen atoms in total. The van der Waals surface area contributed by atoms with Crippen molar-refractivity contribution in [2.45, 2.75) is 6.54 Å². The van der Waals surface area contributed by atoms with Gasteiger partial charge in [0.25, 0.3) is 11.5 Å². The number of aromatic amines is 1. The van der Waals surface area contributed by atoms with Gasteiger partial charge in [-0.1, -0.05) is 30.3 Å². The van der Waals surface area contributed by atoms with E-state index in [2.05, 4.69) is 4.98 Å². The Kier molecular flexibility index (Phi) is 3.55. The Morgan fingerprint density at radius 1 is 1.23 bits per heavy atom. The average molecular weight is 295 g/mol. The van der Waals surface area contributed by atoms with Gasteiger partial charge in [-0.05, 0) is 11.6 Å². The second-order valence-corrected chi connectivity index (χ2v) is 5.37. The topological polar surface area (TPSA) is 58.1 Å². The van der Waals surface area contributed by atoms with Gasteiger partial charge in [-0.25, -0.2) is 0 Å². The molecule has 0 fully saturated rings. The smallest absolute Gasteiger partial charge is 0.274 e. The lowest BCUT2D eigenvalue weighted by Gasteiger charge is -2.18. The molecule has 0 saturated carbocycles. The molecule has 112 valence electrons. The standard InChI is InChI=1S/C17H17N3O2/c1-19(10-12-6-4-3-5-7-12)16(21)14-11-20(2)17(22)15-13(14)8-9-18-15/h3-9,11,18H,10H2,1-2H3. The van der Waals surface area contributed by atoms with E-state index in [-0.39, 0.29) is 11.5 Å². The fraction of sp³-hybridized carbons (Fsp3) is 0.176. The van der Waals surface area contributed by atoms with Crippen LogP contribution < -0.4 is 5.56 Å². The van der Waals surface area contributed by atoms with E-state index in [0.717, 1.165) is 5.56 Å². The number of benzene rings is 1. The van der Waals surface area contributed by atoms with E-state index in [1.165, 1.54) is 4.57 Å². The van der Waals surface area contributed by atoms with Crippen molar-refractivity contribution in [3.8, 4) is 0 Å². The van der Waals surface area contributed by atoms with Crippen molar-refractivity contribution in [3.05, 3.63) is 70.3 Å². The maximum Gasteiger partial charge on any atom is 0.274 e. The van der Waals surface area contributed by atoms with E-state index in [0.29, 0.717) is 23.0 Å². The van der Waals surface area contributed by atoms with Crippen molar-refractivity contribution < 1.29 is 4.79 Å². The highest BCUT2D eigenvalue weighted by Gasteiger charge is 2.18. The quantitative estimate of drug-likeness (QED) is 0.805. The van der Waals surface area contributed by atoms with Crippen LogP contribution in [-0.2, 0) is 13.6 Å². The van der Waals surface area contributed by atoms with Crippen molar-refractivity contribution in [1.82, 2.24) is 14.5 Å². The SMILES string of the molecule is CN(Cc1ccccc1)C(=O)c1cn(C)c(=O)c2[nH]ccc12. The summed E-state index contributed by atoms with van der Waals surface area (Å²) in [5, 5.41) is 0.660. The van der Waals surface area contributed by atoms with Gasteiger partial charge in [-0.3, -0.25) is 9.59 Å². The van der Waals surface area contributed by atoms with Gasteiger partial charge in [0.15, 0.2) is 0 Å². The Balaban J connectivity index is 1.97. The second kappa shape index (κ2) is 5.52. The number of nitrogens with one attached hydrogen (secondary N) is 1. The van der Waals surface area contributed by atoms with Crippen molar-refractivity contribution in [2.75, 3.05) is 7.05 Å². The molecular weight excluding hydrogens is 278 g/mol. The van der Waals surface area contributed by atoms with Crippen LogP contribution in [-0.4, -0.2) is 27.4 Å². The fourth-order valence-electron chi connectivity index (χ4n) is 2.57. The summed E-state index contributed by atoms with van der Waals surface area (Å²) in [5.74, 6) is -0.107. The van der Waals surface area contributed by atoms with Crippen LogP contribution in [0.3, 0.4) is 0 Å². The van der Waals surface area contributed by atoms with Crippen LogP contribution >= 0.6 is 0 Å². The molecule has 0 aliphatic rings. The summed E-state index contributed by atoms with van der Waals surface area (Å²) in [4.78, 5) is 29.3. The molecule has 0 saturated heterocycles. The third-order valence-electron chi connectivity index (χ3n) is 3.73. The Labute approximate surface area is 127 Å². The first-order chi connectivity index (χ1) is 10.6. The number of hydrogen-bond acceptors (Lipinski definition) is 2. The average Bonchev–Trinajstić information content (AvgIpc) is 3.01. The predicted molar refractivity (Wildman–Crippen MR) is 85.8 cm³/mol. The number of carbonyl (C=O) groups is 1. The molecule has 0 spiro atoms. The van der Waals surface area contributed by atoms with E-state index in [1.807, 2.05) is 30.3 Å². The summed E-state index contributed by atoms with van der Waals surface area (Å²) in [5.41, 5.74) is 1.91. The van der Waals surface area contributed by atoms with Gasteiger partial charge in [0, 0.05) is 38.4 Å². The number of nitrogens with zero attached hydrogens (tertiary/aromatic N) is 2. The third-order valence-corrected chi connectivity index (χ3v) is 3.73. The summed E-state index contributed by atoms with van der Waals surface area (Å²) < 4.78 is 1.43. The molecular formula is C17H17N3O2. The molecule has 0 aliphatic heterocycles. The van der Waals surface area contributed by atoms with Gasteiger partial charge in [0.05, 0.1) is 5.56 Å². The molecule has 0 radical (unpaired) electrons. The maximum absolute atomic E-state index is 12.7. The van der Waals surface area contributed by atoms with Crippen molar-refractivity contribution in [1.29, 1.82) is 0 Å². The largest absolute Gasteiger partial charge is 0.357 e. The minimum atomic E-state index is -0.137. The number of carbonyl (C=O) groups excluding carboxylic acids is 1. The number of amides is 1. The van der Waals surface area contributed by atoms with Crippen molar-refractivity contribution in [3.63, 3.8) is 0 Å². The Morgan fingerprint density at radius 3 is 2.68 bits per heavy atom. The first-order valence-electron chi connectivity index (χ1n) is 7.04. The second-order valence-electron chi connectivity index (χ2n) is 5.37. The van der Waals surface area contributed by atoms with Crippen LogP contribution in [0.25, 0.3) is 10.9 Å². The van der Waals surface area contributed by atoms with E-state index >= 15 is 0 Å². The lowest BCUT2D eigenvalue weighted by molar-refractivity contribution is 0.0786. The van der Waals surface area contributed by atoms with E-state index in [1.54, 1.807) is 37.5 Å². The van der Waals surface area contributed by atoms with Crippen LogP contribution in [0.2, 0.25) is 0 Å². The monoisotopic (exact) mass is 295 g/mol. The zero-order valence-electron chi connectivity index (χ0n) is 12.5. The first-order valence-corrected chi connectivity index (χ1v) is 7.04. The van der Waals surface area contributed by atoms with Gasteiger partial charge < -0.3 is 14.5 Å². The minimum Gasteiger partial charge on any atom is -0.357 e. The lowest BCUT2D eigenvalue weighted by Crippen LogP contribution is -2.28. The normalized spacial score (nSPS) is 10.8. The molecule has 2 heterocycles. The summed E-state index contributed by atoms with van der Waals surface area (Å²) in [6, 6.07) is 11.6. The Hall–Kier alpha value is -2.82. The molecule has 0 bridgehead atoms. The summed E-state index contributed by atoms with van der Waals surface area (Å²) >= 11 is 0. The third kappa shape index (κ3) is 2.41. The van der Waals surface area contributed by atoms with Crippen LogP contribution in [0.1, 0.15) is 15.9 Å². The number of H-pyrrole nitrogens is 1. The molecule has 22 heavy (non-hydrogen) atoms. The van der Waals surface area contributed by atoms with Gasteiger partial charge in [0.1, 0.15) is 5.52 Å². The van der Waals surface area contributed by atoms with Gasteiger partial charge in [-0.15, -0.1) is 0 Å². The number of aryl methyl sites for hydroxylation is 1. The highest BCUT2D eigenvalue weighted by molar-refractivity contribution is 6.05. The van der Waals surface area contributed by atoms with Gasteiger partial charge >= 0.3 is 0 Å². The lowest BCUT2D eigenvalue weighted by atomic mass is 10.1. The molecule has 3 rings (SSSR count).